The molecule has 5 nitrogen and oxygen atoms in total. The average molecular weight is 209 g/mol. The second kappa shape index (κ2) is 4.28. The lowest BCUT2D eigenvalue weighted by atomic mass is 10.1. The van der Waals surface area contributed by atoms with E-state index in [1.165, 1.54) is 12.1 Å². The van der Waals surface area contributed by atoms with Gasteiger partial charge in [0.25, 0.3) is 0 Å². The highest BCUT2D eigenvalue weighted by atomic mass is 15.4. The minimum atomic E-state index is 0.619. The summed E-state index contributed by atoms with van der Waals surface area (Å²) in [7, 11) is 1.93. The molecule has 15 heavy (non-hydrogen) atoms. The zero-order valence-corrected chi connectivity index (χ0v) is 9.43. The van der Waals surface area contributed by atoms with E-state index in [-0.39, 0.29) is 0 Å². The molecule has 2 heterocycles. The maximum absolute atomic E-state index is 5.70. The zero-order chi connectivity index (χ0) is 10.8. The number of aryl methyl sites for hydroxylation is 1. The van der Waals surface area contributed by atoms with Crippen molar-refractivity contribution >= 4 is 0 Å². The summed E-state index contributed by atoms with van der Waals surface area (Å²) >= 11 is 0. The Morgan fingerprint density at radius 3 is 2.93 bits per heavy atom. The molecule has 84 valence electrons. The lowest BCUT2D eigenvalue weighted by molar-refractivity contribution is 0.249. The predicted octanol–water partition coefficient (Wildman–Crippen LogP) is -0.0158. The summed E-state index contributed by atoms with van der Waals surface area (Å²) in [6, 6.07) is 0.619. The third kappa shape index (κ3) is 2.18. The van der Waals surface area contributed by atoms with Gasteiger partial charge in [-0.15, -0.1) is 5.10 Å². The van der Waals surface area contributed by atoms with Crippen LogP contribution in [0.1, 0.15) is 19.0 Å². The van der Waals surface area contributed by atoms with Crippen molar-refractivity contribution in [3.8, 4) is 0 Å². The van der Waals surface area contributed by atoms with Gasteiger partial charge in [-0.2, -0.15) is 0 Å². The fraction of sp³-hybridized carbons (Fsp3) is 0.800. The first-order chi connectivity index (χ1) is 7.20. The predicted molar refractivity (Wildman–Crippen MR) is 58.0 cm³/mol. The number of aromatic nitrogens is 3. The lowest BCUT2D eigenvalue weighted by Gasteiger charge is -2.20. The number of rotatable bonds is 3. The average Bonchev–Trinajstić information content (AvgIpc) is 2.76. The van der Waals surface area contributed by atoms with Gasteiger partial charge in [0.2, 0.25) is 0 Å². The van der Waals surface area contributed by atoms with Crippen LogP contribution in [0.2, 0.25) is 0 Å². The number of likely N-dealkylation sites (tertiary alicyclic amines) is 1. The van der Waals surface area contributed by atoms with Crippen molar-refractivity contribution in [1.82, 2.24) is 19.9 Å². The van der Waals surface area contributed by atoms with Crippen LogP contribution in [0.5, 0.6) is 0 Å². The first-order valence-electron chi connectivity index (χ1n) is 5.48. The Kier molecular flexibility index (Phi) is 3.02. The first kappa shape index (κ1) is 10.6. The van der Waals surface area contributed by atoms with E-state index in [0.717, 1.165) is 19.6 Å². The van der Waals surface area contributed by atoms with Crippen LogP contribution in [0.25, 0.3) is 0 Å². The SMILES string of the molecule is CC1CC(CN)CN1Cc1cnnn1C. The summed E-state index contributed by atoms with van der Waals surface area (Å²) in [4.78, 5) is 2.45. The molecule has 1 aromatic heterocycles. The molecule has 0 amide bonds. The van der Waals surface area contributed by atoms with Gasteiger partial charge in [-0.3, -0.25) is 9.58 Å². The lowest BCUT2D eigenvalue weighted by Crippen LogP contribution is -2.28. The van der Waals surface area contributed by atoms with Crippen molar-refractivity contribution in [2.45, 2.75) is 25.9 Å². The van der Waals surface area contributed by atoms with Crippen LogP contribution in [0.4, 0.5) is 0 Å². The molecule has 0 aromatic carbocycles. The summed E-state index contributed by atoms with van der Waals surface area (Å²) < 4.78 is 1.84. The molecule has 2 N–H and O–H groups in total. The fourth-order valence-electron chi connectivity index (χ4n) is 2.27. The van der Waals surface area contributed by atoms with E-state index in [2.05, 4.69) is 22.1 Å². The van der Waals surface area contributed by atoms with Crippen molar-refractivity contribution < 1.29 is 0 Å². The molecule has 0 aliphatic carbocycles. The van der Waals surface area contributed by atoms with Crippen molar-refractivity contribution in [2.24, 2.45) is 18.7 Å². The molecular weight excluding hydrogens is 190 g/mol. The van der Waals surface area contributed by atoms with Gasteiger partial charge in [-0.25, -0.2) is 0 Å². The highest BCUT2D eigenvalue weighted by Crippen LogP contribution is 2.23. The quantitative estimate of drug-likeness (QED) is 0.760. The van der Waals surface area contributed by atoms with Gasteiger partial charge < -0.3 is 5.73 Å². The van der Waals surface area contributed by atoms with Gasteiger partial charge in [-0.05, 0) is 25.8 Å². The van der Waals surface area contributed by atoms with Gasteiger partial charge in [-0.1, -0.05) is 5.21 Å². The Bertz CT molecular complexity index is 321. The molecule has 0 radical (unpaired) electrons. The van der Waals surface area contributed by atoms with E-state index in [1.54, 1.807) is 0 Å². The van der Waals surface area contributed by atoms with Crippen molar-refractivity contribution in [3.63, 3.8) is 0 Å². The Morgan fingerprint density at radius 2 is 2.40 bits per heavy atom. The Hall–Kier alpha value is -0.940. The summed E-state index contributed by atoms with van der Waals surface area (Å²) in [5.74, 6) is 0.654. The summed E-state index contributed by atoms with van der Waals surface area (Å²) in [5.41, 5.74) is 6.87. The third-order valence-corrected chi connectivity index (χ3v) is 3.30. The first-order valence-corrected chi connectivity index (χ1v) is 5.48. The molecule has 0 spiro atoms. The van der Waals surface area contributed by atoms with Crippen LogP contribution < -0.4 is 5.73 Å². The van der Waals surface area contributed by atoms with Crippen LogP contribution in [-0.4, -0.2) is 39.0 Å². The fourth-order valence-corrected chi connectivity index (χ4v) is 2.27. The molecule has 1 saturated heterocycles. The molecule has 2 unspecified atom stereocenters. The molecule has 0 bridgehead atoms. The number of hydrogen-bond donors (Lipinski definition) is 1. The van der Waals surface area contributed by atoms with Crippen LogP contribution in [0, 0.1) is 5.92 Å². The number of nitrogens with two attached hydrogens (primary N) is 1. The van der Waals surface area contributed by atoms with E-state index >= 15 is 0 Å². The van der Waals surface area contributed by atoms with Gasteiger partial charge >= 0.3 is 0 Å². The van der Waals surface area contributed by atoms with Crippen molar-refractivity contribution in [2.75, 3.05) is 13.1 Å². The summed E-state index contributed by atoms with van der Waals surface area (Å²) in [6.07, 6.45) is 3.05. The maximum atomic E-state index is 5.70. The van der Waals surface area contributed by atoms with Crippen LogP contribution in [0.3, 0.4) is 0 Å². The largest absolute Gasteiger partial charge is 0.330 e. The molecule has 1 aliphatic rings. The maximum Gasteiger partial charge on any atom is 0.0738 e. The van der Waals surface area contributed by atoms with Gasteiger partial charge in [0.15, 0.2) is 0 Å². The minimum Gasteiger partial charge on any atom is -0.330 e. The van der Waals surface area contributed by atoms with Crippen molar-refractivity contribution in [3.05, 3.63) is 11.9 Å². The van der Waals surface area contributed by atoms with E-state index < -0.39 is 0 Å². The van der Waals surface area contributed by atoms with Gasteiger partial charge in [0.1, 0.15) is 0 Å². The molecule has 1 aromatic rings. The second-order valence-corrected chi connectivity index (χ2v) is 4.46. The van der Waals surface area contributed by atoms with E-state index in [9.17, 15) is 0 Å². The van der Waals surface area contributed by atoms with Crippen LogP contribution in [-0.2, 0) is 13.6 Å². The third-order valence-electron chi connectivity index (χ3n) is 3.30. The summed E-state index contributed by atoms with van der Waals surface area (Å²) in [5, 5.41) is 7.83. The van der Waals surface area contributed by atoms with E-state index in [1.807, 2.05) is 17.9 Å². The van der Waals surface area contributed by atoms with E-state index in [0.29, 0.717) is 12.0 Å². The van der Waals surface area contributed by atoms with Gasteiger partial charge in [0, 0.05) is 26.2 Å². The van der Waals surface area contributed by atoms with Crippen molar-refractivity contribution in [1.29, 1.82) is 0 Å². The number of hydrogen-bond acceptors (Lipinski definition) is 4. The number of nitrogens with zero attached hydrogens (tertiary/aromatic N) is 4. The minimum absolute atomic E-state index is 0.619. The molecule has 2 rings (SSSR count). The van der Waals surface area contributed by atoms with E-state index in [4.69, 9.17) is 5.73 Å². The zero-order valence-electron chi connectivity index (χ0n) is 9.43. The Balaban J connectivity index is 1.98. The smallest absolute Gasteiger partial charge is 0.0738 e. The topological polar surface area (TPSA) is 60.0 Å². The van der Waals surface area contributed by atoms with Gasteiger partial charge in [0.05, 0.1) is 11.9 Å². The Morgan fingerprint density at radius 1 is 1.60 bits per heavy atom. The molecule has 1 fully saturated rings. The highest BCUT2D eigenvalue weighted by Gasteiger charge is 2.28. The standard InChI is InChI=1S/C10H19N5/c1-8-3-9(4-11)6-15(8)7-10-5-12-13-14(10)2/h5,8-9H,3-4,6-7,11H2,1-2H3. The molecular formula is C10H19N5. The van der Waals surface area contributed by atoms with Crippen LogP contribution >= 0.6 is 0 Å². The monoisotopic (exact) mass is 209 g/mol. The molecule has 1 aliphatic heterocycles. The Labute approximate surface area is 90.2 Å². The molecule has 0 saturated carbocycles. The normalized spacial score (nSPS) is 27.4. The molecule has 2 atom stereocenters. The molecule has 5 heteroatoms. The second-order valence-electron chi connectivity index (χ2n) is 4.46. The highest BCUT2D eigenvalue weighted by molar-refractivity contribution is 4.96. The van der Waals surface area contributed by atoms with Crippen LogP contribution in [0.15, 0.2) is 6.20 Å². The summed E-state index contributed by atoms with van der Waals surface area (Å²) in [6.45, 7) is 5.09.